The van der Waals surface area contributed by atoms with Crippen molar-refractivity contribution in [1.82, 2.24) is 0 Å². The fourth-order valence-corrected chi connectivity index (χ4v) is 2.09. The van der Waals surface area contributed by atoms with Gasteiger partial charge in [-0.15, -0.1) is 0 Å². The standard InChI is InChI=1S/C14H19BrO3/c1-14(2,3)8-10(13(16)17)9-18-12-6-4-5-11(15)7-12/h4-7,10H,8-9H2,1-3H3,(H,16,17). The first-order valence-electron chi connectivity index (χ1n) is 5.89. The Balaban J connectivity index is 2.60. The highest BCUT2D eigenvalue weighted by Gasteiger charge is 2.25. The molecule has 0 aliphatic heterocycles. The molecule has 3 nitrogen and oxygen atoms in total. The van der Waals surface area contributed by atoms with Crippen molar-refractivity contribution in [3.8, 4) is 5.75 Å². The Labute approximate surface area is 116 Å². The predicted octanol–water partition coefficient (Wildman–Crippen LogP) is 3.96. The minimum atomic E-state index is -0.806. The number of carboxylic acids is 1. The zero-order valence-corrected chi connectivity index (χ0v) is 12.5. The third-order valence-electron chi connectivity index (χ3n) is 2.46. The molecular weight excluding hydrogens is 296 g/mol. The van der Waals surface area contributed by atoms with Gasteiger partial charge in [-0.05, 0) is 30.0 Å². The first-order valence-corrected chi connectivity index (χ1v) is 6.68. The lowest BCUT2D eigenvalue weighted by Gasteiger charge is -2.23. The second-order valence-corrected chi connectivity index (χ2v) is 6.48. The van der Waals surface area contributed by atoms with Crippen molar-refractivity contribution < 1.29 is 14.6 Å². The van der Waals surface area contributed by atoms with Crippen LogP contribution in [0, 0.1) is 11.3 Å². The summed E-state index contributed by atoms with van der Waals surface area (Å²) in [5.74, 6) is -0.603. The smallest absolute Gasteiger partial charge is 0.309 e. The van der Waals surface area contributed by atoms with Crippen LogP contribution in [-0.4, -0.2) is 17.7 Å². The molecule has 1 rings (SSSR count). The van der Waals surface area contributed by atoms with Gasteiger partial charge in [0.25, 0.3) is 0 Å². The summed E-state index contributed by atoms with van der Waals surface area (Å²) < 4.78 is 6.46. The molecule has 1 aromatic rings. The lowest BCUT2D eigenvalue weighted by atomic mass is 9.85. The van der Waals surface area contributed by atoms with Gasteiger partial charge in [-0.1, -0.05) is 42.8 Å². The summed E-state index contributed by atoms with van der Waals surface area (Å²) in [7, 11) is 0. The van der Waals surface area contributed by atoms with Gasteiger partial charge in [0.2, 0.25) is 0 Å². The highest BCUT2D eigenvalue weighted by molar-refractivity contribution is 9.10. The molecule has 4 heteroatoms. The monoisotopic (exact) mass is 314 g/mol. The van der Waals surface area contributed by atoms with E-state index < -0.39 is 11.9 Å². The van der Waals surface area contributed by atoms with Crippen LogP contribution in [0.25, 0.3) is 0 Å². The van der Waals surface area contributed by atoms with E-state index in [0.29, 0.717) is 12.2 Å². The first-order chi connectivity index (χ1) is 8.28. The van der Waals surface area contributed by atoms with Crippen LogP contribution in [0.5, 0.6) is 5.75 Å². The summed E-state index contributed by atoms with van der Waals surface area (Å²) >= 11 is 3.35. The zero-order chi connectivity index (χ0) is 13.8. The van der Waals surface area contributed by atoms with Crippen molar-refractivity contribution in [3.05, 3.63) is 28.7 Å². The fourth-order valence-electron chi connectivity index (χ4n) is 1.71. The average molecular weight is 315 g/mol. The van der Waals surface area contributed by atoms with Crippen LogP contribution < -0.4 is 4.74 Å². The van der Waals surface area contributed by atoms with Crippen molar-refractivity contribution in [3.63, 3.8) is 0 Å². The Bertz CT molecular complexity index is 410. The topological polar surface area (TPSA) is 46.5 Å². The molecule has 100 valence electrons. The van der Waals surface area contributed by atoms with Gasteiger partial charge in [0.15, 0.2) is 0 Å². The Kier molecular flexibility index (Phi) is 5.20. The first kappa shape index (κ1) is 15.0. The molecule has 0 saturated heterocycles. The van der Waals surface area contributed by atoms with E-state index in [1.807, 2.05) is 45.0 Å². The number of hydrogen-bond donors (Lipinski definition) is 1. The van der Waals surface area contributed by atoms with Gasteiger partial charge in [-0.25, -0.2) is 0 Å². The van der Waals surface area contributed by atoms with E-state index in [-0.39, 0.29) is 12.0 Å². The van der Waals surface area contributed by atoms with Crippen molar-refractivity contribution in [1.29, 1.82) is 0 Å². The number of carbonyl (C=O) groups is 1. The summed E-state index contributed by atoms with van der Waals surface area (Å²) in [5.41, 5.74) is -0.0241. The number of aliphatic carboxylic acids is 1. The second kappa shape index (κ2) is 6.23. The van der Waals surface area contributed by atoms with E-state index >= 15 is 0 Å². The van der Waals surface area contributed by atoms with E-state index in [1.54, 1.807) is 0 Å². The highest BCUT2D eigenvalue weighted by atomic mass is 79.9. The summed E-state index contributed by atoms with van der Waals surface area (Å²) in [6.07, 6.45) is 0.594. The molecule has 18 heavy (non-hydrogen) atoms. The molecule has 1 aromatic carbocycles. The Hall–Kier alpha value is -1.03. The molecule has 0 radical (unpaired) electrons. The SMILES string of the molecule is CC(C)(C)CC(COc1cccc(Br)c1)C(=O)O. The summed E-state index contributed by atoms with van der Waals surface area (Å²) in [5, 5.41) is 9.18. The molecule has 0 aromatic heterocycles. The van der Waals surface area contributed by atoms with E-state index in [0.717, 1.165) is 4.47 Å². The van der Waals surface area contributed by atoms with Gasteiger partial charge < -0.3 is 9.84 Å². The number of hydrogen-bond acceptors (Lipinski definition) is 2. The van der Waals surface area contributed by atoms with Gasteiger partial charge in [-0.3, -0.25) is 4.79 Å². The molecular formula is C14H19BrO3. The molecule has 0 saturated carbocycles. The van der Waals surface area contributed by atoms with Gasteiger partial charge in [0, 0.05) is 4.47 Å². The molecule has 0 fully saturated rings. The maximum atomic E-state index is 11.2. The van der Waals surface area contributed by atoms with Crippen LogP contribution in [0.1, 0.15) is 27.2 Å². The van der Waals surface area contributed by atoms with Gasteiger partial charge >= 0.3 is 5.97 Å². The maximum absolute atomic E-state index is 11.2. The lowest BCUT2D eigenvalue weighted by molar-refractivity contribution is -0.143. The molecule has 0 amide bonds. The van der Waals surface area contributed by atoms with Crippen LogP contribution >= 0.6 is 15.9 Å². The second-order valence-electron chi connectivity index (χ2n) is 5.57. The Morgan fingerprint density at radius 1 is 1.44 bits per heavy atom. The highest BCUT2D eigenvalue weighted by Crippen LogP contribution is 2.26. The van der Waals surface area contributed by atoms with Crippen LogP contribution in [0.2, 0.25) is 0 Å². The van der Waals surface area contributed by atoms with Gasteiger partial charge in [0.05, 0.1) is 5.92 Å². The number of rotatable bonds is 5. The number of ether oxygens (including phenoxy) is 1. The van der Waals surface area contributed by atoms with Crippen molar-refractivity contribution in [2.75, 3.05) is 6.61 Å². The van der Waals surface area contributed by atoms with Gasteiger partial charge in [0.1, 0.15) is 12.4 Å². The summed E-state index contributed by atoms with van der Waals surface area (Å²) in [6, 6.07) is 7.41. The number of benzene rings is 1. The Morgan fingerprint density at radius 3 is 2.61 bits per heavy atom. The van der Waals surface area contributed by atoms with Gasteiger partial charge in [-0.2, -0.15) is 0 Å². The maximum Gasteiger partial charge on any atom is 0.309 e. The van der Waals surface area contributed by atoms with Crippen LogP contribution in [0.3, 0.4) is 0 Å². The number of halogens is 1. The molecule has 0 aliphatic carbocycles. The van der Waals surface area contributed by atoms with Crippen LogP contribution in [-0.2, 0) is 4.79 Å². The lowest BCUT2D eigenvalue weighted by Crippen LogP contribution is -2.26. The molecule has 0 aliphatic rings. The Morgan fingerprint density at radius 2 is 2.11 bits per heavy atom. The van der Waals surface area contributed by atoms with Crippen molar-refractivity contribution in [2.24, 2.45) is 11.3 Å². The molecule has 1 N–H and O–H groups in total. The molecule has 1 unspecified atom stereocenters. The third kappa shape index (κ3) is 5.54. The van der Waals surface area contributed by atoms with E-state index in [2.05, 4.69) is 15.9 Å². The summed E-state index contributed by atoms with van der Waals surface area (Å²) in [4.78, 5) is 11.2. The van der Waals surface area contributed by atoms with Crippen molar-refractivity contribution >= 4 is 21.9 Å². The van der Waals surface area contributed by atoms with E-state index in [9.17, 15) is 9.90 Å². The van der Waals surface area contributed by atoms with Crippen LogP contribution in [0.15, 0.2) is 28.7 Å². The van der Waals surface area contributed by atoms with E-state index in [4.69, 9.17) is 4.74 Å². The largest absolute Gasteiger partial charge is 0.493 e. The molecule has 0 heterocycles. The third-order valence-corrected chi connectivity index (χ3v) is 2.95. The minimum Gasteiger partial charge on any atom is -0.493 e. The molecule has 0 spiro atoms. The predicted molar refractivity (Wildman–Crippen MR) is 74.8 cm³/mol. The number of carboxylic acid groups (broad SMARTS) is 1. The normalized spacial score (nSPS) is 13.1. The molecule has 1 atom stereocenters. The molecule has 0 bridgehead atoms. The average Bonchev–Trinajstić information content (AvgIpc) is 2.22. The minimum absolute atomic E-state index is 0.0241. The zero-order valence-electron chi connectivity index (χ0n) is 10.9. The van der Waals surface area contributed by atoms with Crippen molar-refractivity contribution in [2.45, 2.75) is 27.2 Å². The van der Waals surface area contributed by atoms with E-state index in [1.165, 1.54) is 0 Å². The quantitative estimate of drug-likeness (QED) is 0.894. The van der Waals surface area contributed by atoms with Crippen LogP contribution in [0.4, 0.5) is 0 Å². The summed E-state index contributed by atoms with van der Waals surface area (Å²) in [6.45, 7) is 6.29. The fraction of sp³-hybridized carbons (Fsp3) is 0.500.